The monoisotopic (exact) mass is 233 g/mol. The van der Waals surface area contributed by atoms with Crippen LogP contribution in [-0.4, -0.2) is 12.5 Å². The largest absolute Gasteiger partial charge is 0.398 e. The van der Waals surface area contributed by atoms with E-state index in [1.54, 1.807) is 0 Å². The van der Waals surface area contributed by atoms with Crippen molar-refractivity contribution in [3.8, 4) is 0 Å². The Kier molecular flexibility index (Phi) is 3.22. The molecule has 1 aliphatic heterocycles. The summed E-state index contributed by atoms with van der Waals surface area (Å²) in [6.45, 7) is 4.35. The number of amides is 1. The fourth-order valence-electron chi connectivity index (χ4n) is 2.40. The molecule has 0 saturated carbocycles. The number of nitrogens with two attached hydrogens (primary N) is 1. The van der Waals surface area contributed by atoms with E-state index in [1.807, 2.05) is 18.2 Å². The number of hydrogen-bond acceptors (Lipinski definition) is 3. The van der Waals surface area contributed by atoms with E-state index >= 15 is 0 Å². The van der Waals surface area contributed by atoms with Gasteiger partial charge in [-0.15, -0.1) is 0 Å². The molecule has 0 radical (unpaired) electrons. The number of fused-ring (bicyclic) bond motifs is 1. The lowest BCUT2D eigenvalue weighted by Crippen LogP contribution is -2.37. The van der Waals surface area contributed by atoms with E-state index in [4.69, 9.17) is 5.73 Å². The number of rotatable bonds is 3. The highest BCUT2D eigenvalue weighted by Gasteiger charge is 2.29. The maximum absolute atomic E-state index is 10.7. The fraction of sp³-hybridized carbons (Fsp3) is 0.462. The second-order valence-corrected chi connectivity index (χ2v) is 4.88. The van der Waals surface area contributed by atoms with Crippen molar-refractivity contribution in [1.82, 2.24) is 5.32 Å². The molecule has 92 valence electrons. The summed E-state index contributed by atoms with van der Waals surface area (Å²) in [5, 5.41) is 6.36. The normalized spacial score (nSPS) is 22.8. The van der Waals surface area contributed by atoms with E-state index in [2.05, 4.69) is 24.5 Å². The first-order chi connectivity index (χ1) is 8.13. The van der Waals surface area contributed by atoms with E-state index in [0.717, 1.165) is 29.8 Å². The summed E-state index contributed by atoms with van der Waals surface area (Å²) in [6, 6.07) is 6.19. The predicted octanol–water partition coefficient (Wildman–Crippen LogP) is 1.90. The van der Waals surface area contributed by atoms with Crippen LogP contribution < -0.4 is 16.4 Å². The van der Waals surface area contributed by atoms with Crippen molar-refractivity contribution in [1.29, 1.82) is 0 Å². The lowest BCUT2D eigenvalue weighted by Gasteiger charge is -2.35. The summed E-state index contributed by atoms with van der Waals surface area (Å²) in [7, 11) is 0. The Hall–Kier alpha value is -1.71. The Balaban J connectivity index is 2.38. The molecule has 0 saturated heterocycles. The molecule has 1 aromatic rings. The second-order valence-electron chi connectivity index (χ2n) is 4.88. The molecule has 4 heteroatoms. The van der Waals surface area contributed by atoms with E-state index < -0.39 is 0 Å². The average molecular weight is 233 g/mol. The molecule has 1 aliphatic rings. The number of nitrogen functional groups attached to an aromatic ring is 1. The second kappa shape index (κ2) is 4.65. The maximum Gasteiger partial charge on any atom is 0.207 e. The zero-order chi connectivity index (χ0) is 12.4. The topological polar surface area (TPSA) is 67.2 Å². The molecule has 1 aromatic carbocycles. The SMILES string of the molecule is CC(C)C1CC(NC=O)c2c(N)cccc2N1. The van der Waals surface area contributed by atoms with Gasteiger partial charge in [-0.3, -0.25) is 4.79 Å². The molecule has 1 amide bonds. The number of hydrogen-bond donors (Lipinski definition) is 3. The van der Waals surface area contributed by atoms with Crippen LogP contribution in [0.5, 0.6) is 0 Å². The van der Waals surface area contributed by atoms with Crippen LogP contribution in [0, 0.1) is 5.92 Å². The van der Waals surface area contributed by atoms with Gasteiger partial charge in [-0.2, -0.15) is 0 Å². The zero-order valence-corrected chi connectivity index (χ0v) is 10.2. The highest BCUT2D eigenvalue weighted by atomic mass is 16.1. The van der Waals surface area contributed by atoms with Crippen LogP contribution in [0.2, 0.25) is 0 Å². The third-order valence-corrected chi connectivity index (χ3v) is 3.39. The van der Waals surface area contributed by atoms with Gasteiger partial charge in [-0.05, 0) is 24.5 Å². The minimum absolute atomic E-state index is 0.0114. The van der Waals surface area contributed by atoms with Gasteiger partial charge >= 0.3 is 0 Å². The Morgan fingerprint density at radius 1 is 1.53 bits per heavy atom. The molecule has 17 heavy (non-hydrogen) atoms. The molecule has 4 N–H and O–H groups in total. The molecule has 0 aliphatic carbocycles. The first kappa shape index (κ1) is 11.8. The molecular formula is C13H19N3O. The molecule has 0 bridgehead atoms. The standard InChI is InChI=1S/C13H19N3O/c1-8(2)11-6-12(15-7-17)13-9(14)4-3-5-10(13)16-11/h3-5,7-8,11-12,16H,6,14H2,1-2H3,(H,15,17). The molecule has 1 heterocycles. The molecule has 0 fully saturated rings. The fourth-order valence-corrected chi connectivity index (χ4v) is 2.40. The van der Waals surface area contributed by atoms with Crippen LogP contribution in [0.25, 0.3) is 0 Å². The van der Waals surface area contributed by atoms with E-state index in [0.29, 0.717) is 12.0 Å². The lowest BCUT2D eigenvalue weighted by molar-refractivity contribution is -0.110. The molecule has 0 aromatic heterocycles. The Morgan fingerprint density at radius 3 is 2.94 bits per heavy atom. The first-order valence-electron chi connectivity index (χ1n) is 5.98. The van der Waals surface area contributed by atoms with Gasteiger partial charge in [0.15, 0.2) is 0 Å². The van der Waals surface area contributed by atoms with Gasteiger partial charge in [0.1, 0.15) is 0 Å². The van der Waals surface area contributed by atoms with Crippen LogP contribution in [0.15, 0.2) is 18.2 Å². The molecule has 0 spiro atoms. The lowest BCUT2D eigenvalue weighted by atomic mass is 9.87. The minimum Gasteiger partial charge on any atom is -0.398 e. The van der Waals surface area contributed by atoms with Gasteiger partial charge in [0, 0.05) is 23.0 Å². The van der Waals surface area contributed by atoms with E-state index in [1.165, 1.54) is 0 Å². The highest BCUT2D eigenvalue weighted by Crippen LogP contribution is 2.37. The Morgan fingerprint density at radius 2 is 2.29 bits per heavy atom. The third kappa shape index (κ3) is 2.20. The van der Waals surface area contributed by atoms with E-state index in [-0.39, 0.29) is 6.04 Å². The number of nitrogens with one attached hydrogen (secondary N) is 2. The van der Waals surface area contributed by atoms with Crippen molar-refractivity contribution in [2.45, 2.75) is 32.4 Å². The molecular weight excluding hydrogens is 214 g/mol. The van der Waals surface area contributed by atoms with Crippen LogP contribution in [-0.2, 0) is 4.79 Å². The summed E-state index contributed by atoms with van der Waals surface area (Å²) >= 11 is 0. The van der Waals surface area contributed by atoms with Gasteiger partial charge in [-0.25, -0.2) is 0 Å². The van der Waals surface area contributed by atoms with E-state index in [9.17, 15) is 4.79 Å². The van der Waals surface area contributed by atoms with Crippen molar-refractivity contribution in [2.24, 2.45) is 5.92 Å². The smallest absolute Gasteiger partial charge is 0.207 e. The number of benzene rings is 1. The summed E-state index contributed by atoms with van der Waals surface area (Å²) < 4.78 is 0. The van der Waals surface area contributed by atoms with Gasteiger partial charge in [0.25, 0.3) is 0 Å². The van der Waals surface area contributed by atoms with Crippen molar-refractivity contribution >= 4 is 17.8 Å². The molecule has 4 nitrogen and oxygen atoms in total. The maximum atomic E-state index is 10.7. The summed E-state index contributed by atoms with van der Waals surface area (Å²) in [5.41, 5.74) is 8.77. The van der Waals surface area contributed by atoms with Gasteiger partial charge in [-0.1, -0.05) is 19.9 Å². The van der Waals surface area contributed by atoms with Crippen molar-refractivity contribution in [3.05, 3.63) is 23.8 Å². The molecule has 2 unspecified atom stereocenters. The van der Waals surface area contributed by atoms with Crippen molar-refractivity contribution < 1.29 is 4.79 Å². The minimum atomic E-state index is 0.0114. The van der Waals surface area contributed by atoms with Gasteiger partial charge in [0.05, 0.1) is 6.04 Å². The first-order valence-corrected chi connectivity index (χ1v) is 5.98. The van der Waals surface area contributed by atoms with Crippen LogP contribution in [0.3, 0.4) is 0 Å². The number of anilines is 2. The Bertz CT molecular complexity index is 417. The quantitative estimate of drug-likeness (QED) is 0.551. The van der Waals surface area contributed by atoms with Crippen LogP contribution in [0.1, 0.15) is 31.9 Å². The summed E-state index contributed by atoms with van der Waals surface area (Å²) in [4.78, 5) is 10.7. The van der Waals surface area contributed by atoms with Gasteiger partial charge in [0.2, 0.25) is 6.41 Å². The molecule has 2 atom stereocenters. The van der Waals surface area contributed by atoms with Crippen LogP contribution in [0.4, 0.5) is 11.4 Å². The summed E-state index contributed by atoms with van der Waals surface area (Å²) in [6.07, 6.45) is 1.63. The van der Waals surface area contributed by atoms with Crippen molar-refractivity contribution in [3.63, 3.8) is 0 Å². The number of carbonyl (C=O) groups excluding carboxylic acids is 1. The summed E-state index contributed by atoms with van der Waals surface area (Å²) in [5.74, 6) is 0.514. The molecule has 2 rings (SSSR count). The highest BCUT2D eigenvalue weighted by molar-refractivity contribution is 5.68. The predicted molar refractivity (Wildman–Crippen MR) is 69.7 cm³/mol. The van der Waals surface area contributed by atoms with Crippen LogP contribution >= 0.6 is 0 Å². The van der Waals surface area contributed by atoms with Gasteiger partial charge < -0.3 is 16.4 Å². The zero-order valence-electron chi connectivity index (χ0n) is 10.2. The number of carbonyl (C=O) groups is 1. The average Bonchev–Trinajstić information content (AvgIpc) is 2.29. The third-order valence-electron chi connectivity index (χ3n) is 3.39. The Labute approximate surface area is 102 Å². The van der Waals surface area contributed by atoms with Crippen molar-refractivity contribution in [2.75, 3.05) is 11.1 Å².